The molecule has 108 valence electrons. The summed E-state index contributed by atoms with van der Waals surface area (Å²) in [5, 5.41) is 17.6. The van der Waals surface area contributed by atoms with E-state index in [0.29, 0.717) is 13.0 Å². The maximum Gasteiger partial charge on any atom is 0.324 e. The Morgan fingerprint density at radius 3 is 2.32 bits per heavy atom. The van der Waals surface area contributed by atoms with Gasteiger partial charge in [-0.15, -0.1) is 10.8 Å². The number of rotatable bonds is 7. The third-order valence-electron chi connectivity index (χ3n) is 2.47. The molecule has 7 N–H and O–H groups in total. The summed E-state index contributed by atoms with van der Waals surface area (Å²) in [6.45, 7) is -0.254. The molecule has 0 unspecified atom stereocenters. The summed E-state index contributed by atoms with van der Waals surface area (Å²) >= 11 is 0. The van der Waals surface area contributed by atoms with Crippen LogP contribution in [0.3, 0.4) is 0 Å². The molecule has 0 aliphatic rings. The van der Waals surface area contributed by atoms with Crippen LogP contribution in [0.25, 0.3) is 0 Å². The highest BCUT2D eigenvalue weighted by Crippen LogP contribution is 2.44. The van der Waals surface area contributed by atoms with Gasteiger partial charge in [-0.2, -0.15) is 4.72 Å². The SMILES string of the molecule is NCCc1ccc(S(O)(O)N[C@@H](CO)C(=O)O)cc1. The molecule has 1 rings (SSSR count). The minimum Gasteiger partial charge on any atom is -0.480 e. The Balaban J connectivity index is 2.83. The molecular weight excluding hydrogens is 272 g/mol. The van der Waals surface area contributed by atoms with Crippen molar-refractivity contribution in [2.24, 2.45) is 5.73 Å². The van der Waals surface area contributed by atoms with E-state index in [-0.39, 0.29) is 4.90 Å². The van der Waals surface area contributed by atoms with Crippen LogP contribution < -0.4 is 10.5 Å². The fraction of sp³-hybridized carbons (Fsp3) is 0.364. The van der Waals surface area contributed by atoms with Gasteiger partial charge in [0.1, 0.15) is 6.04 Å². The molecule has 0 aliphatic carbocycles. The van der Waals surface area contributed by atoms with Gasteiger partial charge in [-0.1, -0.05) is 12.1 Å². The van der Waals surface area contributed by atoms with Gasteiger partial charge < -0.3 is 15.9 Å². The summed E-state index contributed by atoms with van der Waals surface area (Å²) in [6, 6.07) is 4.92. The molecule has 19 heavy (non-hydrogen) atoms. The van der Waals surface area contributed by atoms with Crippen LogP contribution in [0.15, 0.2) is 29.2 Å². The van der Waals surface area contributed by atoms with Gasteiger partial charge in [0.2, 0.25) is 0 Å². The lowest BCUT2D eigenvalue weighted by Gasteiger charge is -2.35. The van der Waals surface area contributed by atoms with Crippen LogP contribution in [0, 0.1) is 0 Å². The first kappa shape index (κ1) is 15.9. The van der Waals surface area contributed by atoms with Crippen LogP contribution in [0.5, 0.6) is 0 Å². The maximum absolute atomic E-state index is 10.7. The van der Waals surface area contributed by atoms with Crippen LogP contribution in [-0.2, 0) is 11.2 Å². The minimum absolute atomic E-state index is 0.160. The van der Waals surface area contributed by atoms with Crippen molar-refractivity contribution in [1.29, 1.82) is 0 Å². The molecule has 8 heteroatoms. The van der Waals surface area contributed by atoms with Gasteiger partial charge in [0.25, 0.3) is 0 Å². The van der Waals surface area contributed by atoms with E-state index in [4.69, 9.17) is 15.9 Å². The van der Waals surface area contributed by atoms with Crippen molar-refractivity contribution >= 4 is 16.7 Å². The molecule has 0 aliphatic heterocycles. The Morgan fingerprint density at radius 1 is 1.32 bits per heavy atom. The molecule has 0 saturated heterocycles. The zero-order chi connectivity index (χ0) is 14.5. The van der Waals surface area contributed by atoms with Gasteiger partial charge in [0.15, 0.2) is 0 Å². The van der Waals surface area contributed by atoms with E-state index in [1.165, 1.54) is 12.1 Å². The number of nitrogens with one attached hydrogen (secondary N) is 1. The third-order valence-corrected chi connectivity index (χ3v) is 4.01. The Kier molecular flexibility index (Phi) is 5.73. The normalized spacial score (nSPS) is 14.1. The average Bonchev–Trinajstić information content (AvgIpc) is 2.37. The number of carboxylic acids is 1. The third kappa shape index (κ3) is 4.46. The highest BCUT2D eigenvalue weighted by molar-refractivity contribution is 8.22. The van der Waals surface area contributed by atoms with Crippen molar-refractivity contribution in [2.45, 2.75) is 17.4 Å². The largest absolute Gasteiger partial charge is 0.480 e. The minimum atomic E-state index is -3.47. The van der Waals surface area contributed by atoms with Crippen LogP contribution in [-0.4, -0.2) is 44.5 Å². The Labute approximate surface area is 112 Å². The lowest BCUT2D eigenvalue weighted by molar-refractivity contribution is -0.139. The highest BCUT2D eigenvalue weighted by Gasteiger charge is 2.25. The summed E-state index contributed by atoms with van der Waals surface area (Å²) in [5.41, 5.74) is 6.35. The quantitative estimate of drug-likeness (QED) is 0.423. The summed E-state index contributed by atoms with van der Waals surface area (Å²) in [4.78, 5) is 10.9. The van der Waals surface area contributed by atoms with E-state index in [1.807, 2.05) is 0 Å². The zero-order valence-corrected chi connectivity index (χ0v) is 11.0. The first-order valence-electron chi connectivity index (χ1n) is 5.59. The van der Waals surface area contributed by atoms with E-state index < -0.39 is 29.4 Å². The lowest BCUT2D eigenvalue weighted by atomic mass is 10.2. The molecule has 0 heterocycles. The topological polar surface area (TPSA) is 136 Å². The predicted octanol–water partition coefficient (Wildman–Crippen LogP) is 0.247. The Hall–Kier alpha value is -1.16. The van der Waals surface area contributed by atoms with E-state index >= 15 is 0 Å². The standard InChI is InChI=1S/C11H18N2O5S/c12-6-5-8-1-3-9(4-2-8)19(17,18)13-10(7-14)11(15)16/h1-4,10,13-14,17-18H,5-7,12H2,(H,15,16)/t10-/m0/s1. The molecule has 0 spiro atoms. The number of aliphatic hydroxyl groups excluding tert-OH is 1. The van der Waals surface area contributed by atoms with Crippen molar-refractivity contribution < 1.29 is 24.1 Å². The Bertz CT molecular complexity index is 424. The highest BCUT2D eigenvalue weighted by atomic mass is 32.3. The molecule has 0 aromatic heterocycles. The van der Waals surface area contributed by atoms with Gasteiger partial charge >= 0.3 is 5.97 Å². The molecular formula is C11H18N2O5S. The maximum atomic E-state index is 10.7. The molecule has 0 bridgehead atoms. The van der Waals surface area contributed by atoms with Crippen LogP contribution in [0.2, 0.25) is 0 Å². The van der Waals surface area contributed by atoms with Crippen LogP contribution >= 0.6 is 10.8 Å². The van der Waals surface area contributed by atoms with Crippen LogP contribution in [0.4, 0.5) is 0 Å². The summed E-state index contributed by atoms with van der Waals surface area (Å²) < 4.78 is 21.9. The molecule has 0 radical (unpaired) electrons. The fourth-order valence-corrected chi connectivity index (χ4v) is 2.67. The van der Waals surface area contributed by atoms with E-state index in [9.17, 15) is 13.9 Å². The molecule has 1 aromatic carbocycles. The van der Waals surface area contributed by atoms with Gasteiger partial charge in [-0.3, -0.25) is 13.9 Å². The zero-order valence-electron chi connectivity index (χ0n) is 10.2. The van der Waals surface area contributed by atoms with E-state index in [0.717, 1.165) is 5.56 Å². The first-order valence-corrected chi connectivity index (χ1v) is 7.13. The molecule has 0 fully saturated rings. The van der Waals surface area contributed by atoms with E-state index in [1.54, 1.807) is 12.1 Å². The van der Waals surface area contributed by atoms with Gasteiger partial charge in [0.05, 0.1) is 11.5 Å². The monoisotopic (exact) mass is 290 g/mol. The molecule has 0 saturated carbocycles. The van der Waals surface area contributed by atoms with E-state index in [2.05, 4.69) is 4.72 Å². The predicted molar refractivity (Wildman–Crippen MR) is 72.0 cm³/mol. The lowest BCUT2D eigenvalue weighted by Crippen LogP contribution is -2.41. The van der Waals surface area contributed by atoms with Crippen molar-refractivity contribution in [3.63, 3.8) is 0 Å². The van der Waals surface area contributed by atoms with Crippen LogP contribution in [0.1, 0.15) is 5.56 Å². The number of hydrogen-bond acceptors (Lipinski definition) is 6. The number of aliphatic hydroxyl groups is 1. The molecule has 1 aromatic rings. The van der Waals surface area contributed by atoms with Gasteiger partial charge in [0, 0.05) is 0 Å². The number of carboxylic acid groups (broad SMARTS) is 1. The second-order valence-electron chi connectivity index (χ2n) is 3.92. The number of hydrogen-bond donors (Lipinski definition) is 6. The summed E-state index contributed by atoms with van der Waals surface area (Å²) in [5.74, 6) is -1.36. The molecule has 7 nitrogen and oxygen atoms in total. The first-order chi connectivity index (χ1) is 8.90. The summed E-state index contributed by atoms with van der Waals surface area (Å²) in [6.07, 6.45) is 0.668. The Morgan fingerprint density at radius 2 is 1.89 bits per heavy atom. The average molecular weight is 290 g/mol. The van der Waals surface area contributed by atoms with Crippen molar-refractivity contribution in [1.82, 2.24) is 4.72 Å². The fourth-order valence-electron chi connectivity index (χ4n) is 1.44. The van der Waals surface area contributed by atoms with Crippen molar-refractivity contribution in [3.05, 3.63) is 29.8 Å². The number of aliphatic carboxylic acids is 1. The number of nitrogens with two attached hydrogens (primary N) is 1. The van der Waals surface area contributed by atoms with Crippen molar-refractivity contribution in [3.8, 4) is 0 Å². The van der Waals surface area contributed by atoms with Gasteiger partial charge in [-0.05, 0) is 30.7 Å². The summed E-state index contributed by atoms with van der Waals surface area (Å²) in [7, 11) is -3.47. The van der Waals surface area contributed by atoms with Crippen molar-refractivity contribution in [2.75, 3.05) is 13.2 Å². The molecule has 0 amide bonds. The second kappa shape index (κ2) is 6.85. The van der Waals surface area contributed by atoms with Gasteiger partial charge in [-0.25, -0.2) is 0 Å². The molecule has 1 atom stereocenters. The number of carbonyl (C=O) groups is 1. The second-order valence-corrected chi connectivity index (χ2v) is 5.73. The number of benzene rings is 1. The smallest absolute Gasteiger partial charge is 0.324 e.